The van der Waals surface area contributed by atoms with Crippen LogP contribution in [0.1, 0.15) is 55.7 Å². The number of benzene rings is 1. The molecule has 1 atom stereocenters. The minimum Gasteiger partial charge on any atom is -0.338 e. The Hall–Kier alpha value is -1.39. The molecule has 138 valence electrons. The monoisotopic (exact) mass is 343 g/mol. The maximum Gasteiger partial charge on any atom is 0.236 e. The number of carbonyl (C=O) groups excluding carboxylic acids is 1. The molecule has 1 unspecified atom stereocenters. The third-order valence-corrected chi connectivity index (χ3v) is 6.17. The molecule has 3 rings (SSSR count). The Balaban J connectivity index is 1.55. The number of rotatable bonds is 5. The molecule has 1 saturated carbocycles. The summed E-state index contributed by atoms with van der Waals surface area (Å²) in [5.41, 5.74) is 2.70. The lowest BCUT2D eigenvalue weighted by Crippen LogP contribution is -2.48. The highest BCUT2D eigenvalue weighted by Crippen LogP contribution is 2.34. The number of nitrogens with zero attached hydrogens (tertiary/aromatic N) is 3. The van der Waals surface area contributed by atoms with Gasteiger partial charge in [0.25, 0.3) is 0 Å². The van der Waals surface area contributed by atoms with Gasteiger partial charge in [0.1, 0.15) is 0 Å². The first kappa shape index (κ1) is 18.4. The van der Waals surface area contributed by atoms with Crippen LogP contribution >= 0.6 is 0 Å². The highest BCUT2D eigenvalue weighted by molar-refractivity contribution is 5.78. The topological polar surface area (TPSA) is 26.8 Å². The number of likely N-dealkylation sites (N-methyl/N-ethyl adjacent to an activating group) is 2. The van der Waals surface area contributed by atoms with E-state index in [0.29, 0.717) is 6.54 Å². The molecule has 1 heterocycles. The van der Waals surface area contributed by atoms with E-state index in [-0.39, 0.29) is 11.9 Å². The zero-order valence-corrected chi connectivity index (χ0v) is 16.1. The Bertz CT molecular complexity index is 557. The van der Waals surface area contributed by atoms with E-state index in [2.05, 4.69) is 48.0 Å². The van der Waals surface area contributed by atoms with Gasteiger partial charge in [-0.15, -0.1) is 0 Å². The molecule has 1 aliphatic carbocycles. The summed E-state index contributed by atoms with van der Waals surface area (Å²) in [6, 6.07) is 9.12. The molecule has 2 aliphatic rings. The Morgan fingerprint density at radius 1 is 1.12 bits per heavy atom. The van der Waals surface area contributed by atoms with Crippen molar-refractivity contribution in [2.75, 3.05) is 46.8 Å². The molecule has 1 saturated heterocycles. The van der Waals surface area contributed by atoms with Gasteiger partial charge in [-0.05, 0) is 43.9 Å². The van der Waals surface area contributed by atoms with Gasteiger partial charge in [0.2, 0.25) is 5.91 Å². The van der Waals surface area contributed by atoms with Gasteiger partial charge in [-0.1, -0.05) is 37.1 Å². The highest BCUT2D eigenvalue weighted by Gasteiger charge is 2.22. The van der Waals surface area contributed by atoms with E-state index < -0.39 is 0 Å². The van der Waals surface area contributed by atoms with Crippen LogP contribution in [-0.4, -0.2) is 67.4 Å². The van der Waals surface area contributed by atoms with E-state index in [1.165, 1.54) is 36.8 Å². The number of hydrogen-bond acceptors (Lipinski definition) is 3. The number of carbonyl (C=O) groups is 1. The smallest absolute Gasteiger partial charge is 0.236 e. The molecule has 0 bridgehead atoms. The first-order valence-electron chi connectivity index (χ1n) is 9.81. The molecule has 1 amide bonds. The molecule has 4 heteroatoms. The average molecular weight is 344 g/mol. The summed E-state index contributed by atoms with van der Waals surface area (Å²) in [7, 11) is 4.08. The molecular formula is C21H33N3O. The van der Waals surface area contributed by atoms with E-state index in [0.717, 1.165) is 32.1 Å². The van der Waals surface area contributed by atoms with Crippen LogP contribution in [0.3, 0.4) is 0 Å². The SMILES string of the molecule is CC(c1ccc(C2CCCC2)cc1)N(C)C(=O)CN1CCN(C)CC1. The normalized spacial score (nSPS) is 21.4. The quantitative estimate of drug-likeness (QED) is 0.822. The van der Waals surface area contributed by atoms with Crippen LogP contribution in [0.5, 0.6) is 0 Å². The Labute approximate surface area is 152 Å². The zero-order chi connectivity index (χ0) is 17.8. The van der Waals surface area contributed by atoms with Crippen molar-refractivity contribution >= 4 is 5.91 Å². The fourth-order valence-corrected chi connectivity index (χ4v) is 4.05. The molecule has 0 radical (unpaired) electrons. The largest absolute Gasteiger partial charge is 0.338 e. The summed E-state index contributed by atoms with van der Waals surface area (Å²) in [6.07, 6.45) is 5.40. The molecule has 4 nitrogen and oxygen atoms in total. The average Bonchev–Trinajstić information content (AvgIpc) is 3.17. The van der Waals surface area contributed by atoms with Gasteiger partial charge in [0.05, 0.1) is 12.6 Å². The lowest BCUT2D eigenvalue weighted by molar-refractivity contribution is -0.133. The van der Waals surface area contributed by atoms with Gasteiger partial charge >= 0.3 is 0 Å². The molecule has 0 aromatic heterocycles. The van der Waals surface area contributed by atoms with E-state index in [1.807, 2.05) is 11.9 Å². The number of amides is 1. The van der Waals surface area contributed by atoms with Crippen LogP contribution in [0.4, 0.5) is 0 Å². The minimum absolute atomic E-state index is 0.123. The summed E-state index contributed by atoms with van der Waals surface area (Å²) in [6.45, 7) is 6.74. The molecule has 1 aromatic rings. The van der Waals surface area contributed by atoms with Gasteiger partial charge < -0.3 is 9.80 Å². The third-order valence-electron chi connectivity index (χ3n) is 6.17. The fourth-order valence-electron chi connectivity index (χ4n) is 4.05. The number of piperazine rings is 1. The first-order valence-corrected chi connectivity index (χ1v) is 9.81. The molecule has 25 heavy (non-hydrogen) atoms. The minimum atomic E-state index is 0.123. The van der Waals surface area contributed by atoms with Gasteiger partial charge in [-0.2, -0.15) is 0 Å². The van der Waals surface area contributed by atoms with E-state index in [1.54, 1.807) is 0 Å². The summed E-state index contributed by atoms with van der Waals surface area (Å²) in [5.74, 6) is 0.970. The standard InChI is InChI=1S/C21H33N3O/c1-17(18-8-10-20(11-9-18)19-6-4-5-7-19)23(3)21(25)16-24-14-12-22(2)13-15-24/h8-11,17,19H,4-7,12-16H2,1-3H3. The van der Waals surface area contributed by atoms with E-state index >= 15 is 0 Å². The first-order chi connectivity index (χ1) is 12.0. The molecule has 0 N–H and O–H groups in total. The predicted molar refractivity (Wildman–Crippen MR) is 103 cm³/mol. The molecule has 1 aromatic carbocycles. The summed E-state index contributed by atoms with van der Waals surface area (Å²) < 4.78 is 0. The highest BCUT2D eigenvalue weighted by atomic mass is 16.2. The van der Waals surface area contributed by atoms with Crippen LogP contribution in [0, 0.1) is 0 Å². The van der Waals surface area contributed by atoms with Crippen molar-refractivity contribution in [3.63, 3.8) is 0 Å². The fraction of sp³-hybridized carbons (Fsp3) is 0.667. The summed E-state index contributed by atoms with van der Waals surface area (Å²) in [4.78, 5) is 19.2. The molecule has 1 aliphatic heterocycles. The predicted octanol–water partition coefficient (Wildman–Crippen LogP) is 3.11. The van der Waals surface area contributed by atoms with Crippen LogP contribution < -0.4 is 0 Å². The van der Waals surface area contributed by atoms with Crippen LogP contribution in [0.2, 0.25) is 0 Å². The van der Waals surface area contributed by atoms with Crippen LogP contribution in [0.15, 0.2) is 24.3 Å². The van der Waals surface area contributed by atoms with Gasteiger partial charge in [0.15, 0.2) is 0 Å². The summed E-state index contributed by atoms with van der Waals surface area (Å²) >= 11 is 0. The number of hydrogen-bond donors (Lipinski definition) is 0. The van der Waals surface area contributed by atoms with E-state index in [4.69, 9.17) is 0 Å². The van der Waals surface area contributed by atoms with Gasteiger partial charge in [0, 0.05) is 33.2 Å². The maximum absolute atomic E-state index is 12.7. The maximum atomic E-state index is 12.7. The lowest BCUT2D eigenvalue weighted by Gasteiger charge is -2.34. The van der Waals surface area contributed by atoms with Gasteiger partial charge in [-0.3, -0.25) is 9.69 Å². The van der Waals surface area contributed by atoms with Crippen molar-refractivity contribution in [3.05, 3.63) is 35.4 Å². The van der Waals surface area contributed by atoms with Crippen molar-refractivity contribution in [2.24, 2.45) is 0 Å². The molecular weight excluding hydrogens is 310 g/mol. The van der Waals surface area contributed by atoms with Crippen molar-refractivity contribution in [2.45, 2.75) is 44.6 Å². The second kappa shape index (κ2) is 8.33. The molecule has 2 fully saturated rings. The second-order valence-electron chi connectivity index (χ2n) is 7.91. The third kappa shape index (κ3) is 4.62. The van der Waals surface area contributed by atoms with Crippen LogP contribution in [0.25, 0.3) is 0 Å². The van der Waals surface area contributed by atoms with E-state index in [9.17, 15) is 4.79 Å². The second-order valence-corrected chi connectivity index (χ2v) is 7.91. The van der Waals surface area contributed by atoms with Crippen molar-refractivity contribution in [3.8, 4) is 0 Å². The Morgan fingerprint density at radius 2 is 1.72 bits per heavy atom. The zero-order valence-electron chi connectivity index (χ0n) is 16.1. The van der Waals surface area contributed by atoms with Crippen LogP contribution in [-0.2, 0) is 4.79 Å². The van der Waals surface area contributed by atoms with Gasteiger partial charge in [-0.25, -0.2) is 0 Å². The van der Waals surface area contributed by atoms with Crippen molar-refractivity contribution in [1.82, 2.24) is 14.7 Å². The molecule has 0 spiro atoms. The lowest BCUT2D eigenvalue weighted by atomic mass is 9.95. The summed E-state index contributed by atoms with van der Waals surface area (Å²) in [5, 5.41) is 0. The Morgan fingerprint density at radius 3 is 2.32 bits per heavy atom. The Kier molecular flexibility index (Phi) is 6.13. The van der Waals surface area contributed by atoms with Crippen molar-refractivity contribution in [1.29, 1.82) is 0 Å². The van der Waals surface area contributed by atoms with Crippen molar-refractivity contribution < 1.29 is 4.79 Å².